The van der Waals surface area contributed by atoms with Gasteiger partial charge in [-0.15, -0.1) is 0 Å². The Balaban J connectivity index is 1.28. The van der Waals surface area contributed by atoms with Gasteiger partial charge in [-0.05, 0) is 48.4 Å². The monoisotopic (exact) mass is 442 g/mol. The van der Waals surface area contributed by atoms with Crippen molar-refractivity contribution in [3.63, 3.8) is 0 Å². The Kier molecular flexibility index (Phi) is 6.90. The van der Waals surface area contributed by atoms with Crippen molar-refractivity contribution in [1.29, 1.82) is 0 Å². The first kappa shape index (κ1) is 22.1. The van der Waals surface area contributed by atoms with E-state index in [1.807, 2.05) is 30.3 Å². The molecule has 0 saturated carbocycles. The normalized spacial score (nSPS) is 15.4. The zero-order chi connectivity index (χ0) is 22.4. The fraction of sp³-hybridized carbons (Fsp3) is 0.333. The SMILES string of the molecule is FC(F)(F)c1ccc(N2CCCN(Cc3ccc(OCc4ccccn4)cc3)CC2)nc1. The van der Waals surface area contributed by atoms with Crippen molar-refractivity contribution in [3.05, 3.63) is 83.8 Å². The van der Waals surface area contributed by atoms with Crippen molar-refractivity contribution in [2.45, 2.75) is 25.7 Å². The summed E-state index contributed by atoms with van der Waals surface area (Å²) < 4.78 is 44.1. The molecular formula is C24H25F3N4O. The molecule has 8 heteroatoms. The summed E-state index contributed by atoms with van der Waals surface area (Å²) in [5.74, 6) is 1.39. The smallest absolute Gasteiger partial charge is 0.417 e. The second-order valence-electron chi connectivity index (χ2n) is 7.77. The lowest BCUT2D eigenvalue weighted by atomic mass is 10.2. The predicted molar refractivity (Wildman–Crippen MR) is 116 cm³/mol. The Morgan fingerprint density at radius 2 is 1.72 bits per heavy atom. The predicted octanol–water partition coefficient (Wildman–Crippen LogP) is 4.79. The molecule has 0 unspecified atom stereocenters. The van der Waals surface area contributed by atoms with Gasteiger partial charge in [0.05, 0.1) is 11.3 Å². The van der Waals surface area contributed by atoms with Gasteiger partial charge in [-0.2, -0.15) is 13.2 Å². The number of pyridine rings is 2. The highest BCUT2D eigenvalue weighted by Gasteiger charge is 2.31. The van der Waals surface area contributed by atoms with Crippen molar-refractivity contribution in [3.8, 4) is 5.75 Å². The maximum Gasteiger partial charge on any atom is 0.417 e. The summed E-state index contributed by atoms with van der Waals surface area (Å²) >= 11 is 0. The Hall–Kier alpha value is -3.13. The van der Waals surface area contributed by atoms with Crippen molar-refractivity contribution in [2.24, 2.45) is 0 Å². The van der Waals surface area contributed by atoms with Crippen LogP contribution in [0.3, 0.4) is 0 Å². The highest BCUT2D eigenvalue weighted by molar-refractivity contribution is 5.40. The van der Waals surface area contributed by atoms with Crippen LogP contribution >= 0.6 is 0 Å². The van der Waals surface area contributed by atoms with Crippen LogP contribution in [-0.2, 0) is 19.3 Å². The summed E-state index contributed by atoms with van der Waals surface area (Å²) in [6.45, 7) is 4.49. The van der Waals surface area contributed by atoms with Gasteiger partial charge in [-0.25, -0.2) is 4.98 Å². The molecule has 0 atom stereocenters. The van der Waals surface area contributed by atoms with Gasteiger partial charge in [0.15, 0.2) is 0 Å². The number of hydrogen-bond acceptors (Lipinski definition) is 5. The number of ether oxygens (including phenoxy) is 1. The summed E-state index contributed by atoms with van der Waals surface area (Å²) in [6.07, 6.45) is -0.776. The number of benzene rings is 1. The van der Waals surface area contributed by atoms with Crippen LogP contribution in [0.4, 0.5) is 19.0 Å². The Labute approximate surface area is 185 Å². The molecule has 1 saturated heterocycles. The van der Waals surface area contributed by atoms with Gasteiger partial charge in [0.2, 0.25) is 0 Å². The largest absolute Gasteiger partial charge is 0.487 e. The molecule has 0 bridgehead atoms. The summed E-state index contributed by atoms with van der Waals surface area (Å²) in [5.41, 5.74) is 1.36. The summed E-state index contributed by atoms with van der Waals surface area (Å²) in [7, 11) is 0. The van der Waals surface area contributed by atoms with E-state index in [0.29, 0.717) is 12.4 Å². The summed E-state index contributed by atoms with van der Waals surface area (Å²) in [4.78, 5) is 12.7. The first-order valence-electron chi connectivity index (χ1n) is 10.6. The molecule has 0 N–H and O–H groups in total. The molecule has 1 aliphatic rings. The van der Waals surface area contributed by atoms with E-state index in [1.165, 1.54) is 11.6 Å². The van der Waals surface area contributed by atoms with Gasteiger partial charge in [0.25, 0.3) is 0 Å². The lowest BCUT2D eigenvalue weighted by Gasteiger charge is -2.23. The fourth-order valence-corrected chi connectivity index (χ4v) is 3.69. The number of aromatic nitrogens is 2. The van der Waals surface area contributed by atoms with Crippen molar-refractivity contribution >= 4 is 5.82 Å². The minimum absolute atomic E-state index is 0.431. The third kappa shape index (κ3) is 5.97. The highest BCUT2D eigenvalue weighted by Crippen LogP contribution is 2.29. The number of rotatable bonds is 6. The van der Waals surface area contributed by atoms with E-state index in [1.54, 1.807) is 6.20 Å². The highest BCUT2D eigenvalue weighted by atomic mass is 19.4. The molecule has 168 valence electrons. The van der Waals surface area contributed by atoms with Crippen LogP contribution in [0.1, 0.15) is 23.2 Å². The standard InChI is InChI=1S/C24H25F3N4O/c25-24(26,27)20-7-10-23(29-16-20)31-13-3-12-30(14-15-31)17-19-5-8-22(9-6-19)32-18-21-4-1-2-11-28-21/h1-2,4-11,16H,3,12-15,17-18H2. The molecule has 1 fully saturated rings. The van der Waals surface area contributed by atoms with E-state index in [2.05, 4.69) is 31.9 Å². The van der Waals surface area contributed by atoms with E-state index < -0.39 is 11.7 Å². The van der Waals surface area contributed by atoms with Crippen LogP contribution in [0.15, 0.2) is 67.0 Å². The lowest BCUT2D eigenvalue weighted by molar-refractivity contribution is -0.137. The first-order valence-corrected chi connectivity index (χ1v) is 10.6. The molecule has 3 aromatic rings. The molecule has 1 aliphatic heterocycles. The van der Waals surface area contributed by atoms with E-state index in [4.69, 9.17) is 4.74 Å². The van der Waals surface area contributed by atoms with Gasteiger partial charge in [0.1, 0.15) is 18.2 Å². The molecule has 0 radical (unpaired) electrons. The molecule has 32 heavy (non-hydrogen) atoms. The topological polar surface area (TPSA) is 41.5 Å². The summed E-state index contributed by atoms with van der Waals surface area (Å²) in [5, 5.41) is 0. The molecular weight excluding hydrogens is 417 g/mol. The van der Waals surface area contributed by atoms with Crippen LogP contribution in [0.2, 0.25) is 0 Å². The second-order valence-corrected chi connectivity index (χ2v) is 7.77. The maximum atomic E-state index is 12.8. The number of nitrogens with zero attached hydrogens (tertiary/aromatic N) is 4. The number of anilines is 1. The van der Waals surface area contributed by atoms with Crippen LogP contribution in [0, 0.1) is 0 Å². The molecule has 3 heterocycles. The zero-order valence-corrected chi connectivity index (χ0v) is 17.6. The zero-order valence-electron chi connectivity index (χ0n) is 17.6. The first-order chi connectivity index (χ1) is 15.5. The van der Waals surface area contributed by atoms with Crippen molar-refractivity contribution < 1.29 is 17.9 Å². The molecule has 4 rings (SSSR count). The molecule has 1 aromatic carbocycles. The minimum atomic E-state index is -4.36. The second kappa shape index (κ2) is 9.99. The van der Waals surface area contributed by atoms with Gasteiger partial charge >= 0.3 is 6.18 Å². The minimum Gasteiger partial charge on any atom is -0.487 e. The Morgan fingerprint density at radius 1 is 0.875 bits per heavy atom. The Morgan fingerprint density at radius 3 is 2.41 bits per heavy atom. The average Bonchev–Trinajstić information content (AvgIpc) is 3.04. The molecule has 0 spiro atoms. The van der Waals surface area contributed by atoms with E-state index >= 15 is 0 Å². The average molecular weight is 442 g/mol. The summed E-state index contributed by atoms with van der Waals surface area (Å²) in [6, 6.07) is 16.4. The Bertz CT molecular complexity index is 979. The van der Waals surface area contributed by atoms with Crippen LogP contribution < -0.4 is 9.64 Å². The maximum absolute atomic E-state index is 12.8. The van der Waals surface area contributed by atoms with Gasteiger partial charge < -0.3 is 9.64 Å². The number of alkyl halides is 3. The number of halogens is 3. The van der Waals surface area contributed by atoms with Gasteiger partial charge in [-0.1, -0.05) is 18.2 Å². The third-order valence-electron chi connectivity index (χ3n) is 5.43. The molecule has 5 nitrogen and oxygen atoms in total. The van der Waals surface area contributed by atoms with Crippen molar-refractivity contribution in [1.82, 2.24) is 14.9 Å². The van der Waals surface area contributed by atoms with E-state index in [9.17, 15) is 13.2 Å². The van der Waals surface area contributed by atoms with E-state index in [0.717, 1.165) is 62.9 Å². The molecule has 0 aliphatic carbocycles. The van der Waals surface area contributed by atoms with Crippen LogP contribution in [0.25, 0.3) is 0 Å². The molecule has 2 aromatic heterocycles. The van der Waals surface area contributed by atoms with Crippen LogP contribution in [0.5, 0.6) is 5.75 Å². The van der Waals surface area contributed by atoms with Crippen LogP contribution in [-0.4, -0.2) is 41.0 Å². The van der Waals surface area contributed by atoms with Crippen molar-refractivity contribution in [2.75, 3.05) is 31.1 Å². The number of hydrogen-bond donors (Lipinski definition) is 0. The van der Waals surface area contributed by atoms with E-state index in [-0.39, 0.29) is 0 Å². The third-order valence-corrected chi connectivity index (χ3v) is 5.43. The molecule has 0 amide bonds. The van der Waals surface area contributed by atoms with Gasteiger partial charge in [-0.3, -0.25) is 9.88 Å². The fourth-order valence-electron chi connectivity index (χ4n) is 3.69. The lowest BCUT2D eigenvalue weighted by Crippen LogP contribution is -2.31. The van der Waals surface area contributed by atoms with Gasteiger partial charge in [0, 0.05) is 45.1 Å². The quantitative estimate of drug-likeness (QED) is 0.549.